The van der Waals surface area contributed by atoms with Crippen LogP contribution < -0.4 is 4.90 Å². The lowest BCUT2D eigenvalue weighted by atomic mass is 9.96. The maximum Gasteiger partial charge on any atom is 0.416 e. The number of halogens is 3. The number of carbonyl (C=O) groups is 3. The summed E-state index contributed by atoms with van der Waals surface area (Å²) in [5, 5.41) is 0. The van der Waals surface area contributed by atoms with Gasteiger partial charge in [0.2, 0.25) is 11.6 Å². The fraction of sp³-hybridized carbons (Fsp3) is 0.348. The number of benzene rings is 2. The van der Waals surface area contributed by atoms with Crippen LogP contribution in [0.25, 0.3) is 0 Å². The molecule has 1 atom stereocenters. The first kappa shape index (κ1) is 20.5. The average Bonchev–Trinajstić information content (AvgIpc) is 3.54. The van der Waals surface area contributed by atoms with Gasteiger partial charge in [-0.1, -0.05) is 24.3 Å². The van der Waals surface area contributed by atoms with Crippen molar-refractivity contribution < 1.29 is 32.3 Å². The van der Waals surface area contributed by atoms with E-state index >= 15 is 0 Å². The molecule has 1 saturated carbocycles. The highest BCUT2D eigenvalue weighted by Gasteiger charge is 2.64. The van der Waals surface area contributed by atoms with Gasteiger partial charge in [-0.3, -0.25) is 14.5 Å². The molecule has 0 radical (unpaired) electrons. The van der Waals surface area contributed by atoms with Crippen LogP contribution in [0.2, 0.25) is 0 Å². The van der Waals surface area contributed by atoms with E-state index in [1.54, 1.807) is 24.3 Å². The Morgan fingerprint density at radius 3 is 2.56 bits per heavy atom. The largest absolute Gasteiger partial charge is 0.458 e. The highest BCUT2D eigenvalue weighted by Crippen LogP contribution is 2.49. The number of ether oxygens (including phenoxy) is 1. The molecule has 0 N–H and O–H groups in total. The van der Waals surface area contributed by atoms with Crippen molar-refractivity contribution in [2.45, 2.75) is 50.2 Å². The van der Waals surface area contributed by atoms with Gasteiger partial charge in [-0.05, 0) is 42.7 Å². The summed E-state index contributed by atoms with van der Waals surface area (Å²) < 4.78 is 44.5. The summed E-state index contributed by atoms with van der Waals surface area (Å²) in [7, 11) is 0. The minimum absolute atomic E-state index is 0.0590. The molecular formula is C23H19F3N2O4. The SMILES string of the molecule is O=C1CCC2(C(=O)OCc3cccc(C(F)(F)F)c3)N1c1ccccc1C(=O)N2C1CC1. The summed E-state index contributed by atoms with van der Waals surface area (Å²) in [6, 6.07) is 11.0. The van der Waals surface area contributed by atoms with Crippen LogP contribution >= 0.6 is 0 Å². The Hall–Kier alpha value is -3.36. The normalized spacial score (nSPS) is 22.6. The molecule has 0 spiro atoms. The van der Waals surface area contributed by atoms with Gasteiger partial charge >= 0.3 is 12.1 Å². The van der Waals surface area contributed by atoms with Gasteiger partial charge in [-0.2, -0.15) is 13.2 Å². The zero-order valence-electron chi connectivity index (χ0n) is 16.9. The van der Waals surface area contributed by atoms with E-state index in [9.17, 15) is 27.6 Å². The molecule has 2 heterocycles. The van der Waals surface area contributed by atoms with Gasteiger partial charge in [0.05, 0.1) is 16.8 Å². The molecule has 1 aliphatic carbocycles. The standard InChI is InChI=1S/C23H19F3N2O4/c24-23(25,26)15-5-3-4-14(12-15)13-32-21(31)22-11-10-19(29)28(22)18-7-2-1-6-17(18)20(30)27(22)16-8-9-16/h1-7,12,16H,8-11,13H2. The van der Waals surface area contributed by atoms with Gasteiger partial charge in [0.1, 0.15) is 6.61 Å². The quantitative estimate of drug-likeness (QED) is 0.672. The summed E-state index contributed by atoms with van der Waals surface area (Å²) in [4.78, 5) is 42.5. The number of amides is 2. The van der Waals surface area contributed by atoms with Crippen LogP contribution in [0.5, 0.6) is 0 Å². The van der Waals surface area contributed by atoms with Crippen molar-refractivity contribution in [3.63, 3.8) is 0 Å². The number of nitrogens with zero attached hydrogens (tertiary/aromatic N) is 2. The predicted molar refractivity (Wildman–Crippen MR) is 106 cm³/mol. The second-order valence-electron chi connectivity index (χ2n) is 8.24. The summed E-state index contributed by atoms with van der Waals surface area (Å²) in [6.45, 7) is -0.402. The molecule has 32 heavy (non-hydrogen) atoms. The minimum atomic E-state index is -4.52. The van der Waals surface area contributed by atoms with Gasteiger partial charge in [-0.15, -0.1) is 0 Å². The second-order valence-corrected chi connectivity index (χ2v) is 8.24. The zero-order chi connectivity index (χ0) is 22.7. The van der Waals surface area contributed by atoms with Crippen LogP contribution in [0.15, 0.2) is 48.5 Å². The third-order valence-electron chi connectivity index (χ3n) is 6.16. The molecular weight excluding hydrogens is 425 g/mol. The molecule has 2 aromatic carbocycles. The molecule has 166 valence electrons. The molecule has 2 aromatic rings. The molecule has 1 unspecified atom stereocenters. The number of anilines is 1. The van der Waals surface area contributed by atoms with Crippen LogP contribution in [0.4, 0.5) is 18.9 Å². The number of alkyl halides is 3. The molecule has 2 aliphatic heterocycles. The fourth-order valence-corrected chi connectivity index (χ4v) is 4.61. The smallest absolute Gasteiger partial charge is 0.416 e. The van der Waals surface area contributed by atoms with Crippen molar-refractivity contribution in [1.82, 2.24) is 4.90 Å². The van der Waals surface area contributed by atoms with E-state index < -0.39 is 30.0 Å². The van der Waals surface area contributed by atoms with Crippen molar-refractivity contribution in [2.24, 2.45) is 0 Å². The van der Waals surface area contributed by atoms with E-state index in [0.29, 0.717) is 24.1 Å². The number of para-hydroxylation sites is 1. The molecule has 2 amide bonds. The Morgan fingerprint density at radius 1 is 1.09 bits per heavy atom. The molecule has 9 heteroatoms. The lowest BCUT2D eigenvalue weighted by Crippen LogP contribution is -2.69. The van der Waals surface area contributed by atoms with E-state index in [1.165, 1.54) is 21.9 Å². The second kappa shape index (κ2) is 7.08. The van der Waals surface area contributed by atoms with E-state index in [0.717, 1.165) is 12.1 Å². The maximum atomic E-state index is 13.5. The van der Waals surface area contributed by atoms with Gasteiger partial charge in [0.15, 0.2) is 0 Å². The zero-order valence-corrected chi connectivity index (χ0v) is 16.9. The highest BCUT2D eigenvalue weighted by atomic mass is 19.4. The predicted octanol–water partition coefficient (Wildman–Crippen LogP) is 3.89. The lowest BCUT2D eigenvalue weighted by Gasteiger charge is -2.48. The summed E-state index contributed by atoms with van der Waals surface area (Å²) >= 11 is 0. The first-order valence-electron chi connectivity index (χ1n) is 10.3. The molecule has 3 aliphatic rings. The lowest BCUT2D eigenvalue weighted by molar-refractivity contribution is -0.159. The van der Waals surface area contributed by atoms with Crippen LogP contribution in [-0.2, 0) is 27.1 Å². The maximum absolute atomic E-state index is 13.5. The molecule has 2 fully saturated rings. The van der Waals surface area contributed by atoms with Crippen molar-refractivity contribution in [1.29, 1.82) is 0 Å². The number of hydrogen-bond acceptors (Lipinski definition) is 4. The number of carbonyl (C=O) groups excluding carboxylic acids is 3. The Bertz CT molecular complexity index is 1130. The van der Waals surface area contributed by atoms with Crippen LogP contribution in [0, 0.1) is 0 Å². The molecule has 0 bridgehead atoms. The number of fused-ring (bicyclic) bond motifs is 3. The minimum Gasteiger partial charge on any atom is -0.458 e. The number of hydrogen-bond donors (Lipinski definition) is 0. The topological polar surface area (TPSA) is 66.9 Å². The third kappa shape index (κ3) is 3.06. The summed E-state index contributed by atoms with van der Waals surface area (Å²) in [5.41, 5.74) is -1.60. The van der Waals surface area contributed by atoms with Crippen LogP contribution in [0.1, 0.15) is 47.2 Å². The van der Waals surface area contributed by atoms with E-state index in [1.807, 2.05) is 0 Å². The number of esters is 1. The van der Waals surface area contributed by atoms with E-state index in [-0.39, 0.29) is 36.3 Å². The molecule has 5 rings (SSSR count). The first-order chi connectivity index (χ1) is 15.2. The highest BCUT2D eigenvalue weighted by molar-refractivity contribution is 6.15. The van der Waals surface area contributed by atoms with Gasteiger partial charge < -0.3 is 9.64 Å². The fourth-order valence-electron chi connectivity index (χ4n) is 4.61. The molecule has 6 nitrogen and oxygen atoms in total. The van der Waals surface area contributed by atoms with Crippen molar-refractivity contribution in [3.8, 4) is 0 Å². The average molecular weight is 444 g/mol. The van der Waals surface area contributed by atoms with Crippen LogP contribution in [-0.4, -0.2) is 34.4 Å². The number of rotatable bonds is 4. The molecule has 0 aromatic heterocycles. The van der Waals surface area contributed by atoms with Crippen LogP contribution in [0.3, 0.4) is 0 Å². The summed E-state index contributed by atoms with van der Waals surface area (Å²) in [5.74, 6) is -1.45. The van der Waals surface area contributed by atoms with Gasteiger partial charge in [0, 0.05) is 18.9 Å². The molecule has 1 saturated heterocycles. The monoisotopic (exact) mass is 444 g/mol. The van der Waals surface area contributed by atoms with E-state index in [4.69, 9.17) is 4.74 Å². The van der Waals surface area contributed by atoms with E-state index in [2.05, 4.69) is 0 Å². The van der Waals surface area contributed by atoms with Gasteiger partial charge in [0.25, 0.3) is 5.91 Å². The third-order valence-corrected chi connectivity index (χ3v) is 6.16. The first-order valence-corrected chi connectivity index (χ1v) is 10.3. The van der Waals surface area contributed by atoms with Crippen molar-refractivity contribution in [2.75, 3.05) is 4.90 Å². The summed E-state index contributed by atoms with van der Waals surface area (Å²) in [6.07, 6.45) is -2.97. The Morgan fingerprint density at radius 2 is 1.84 bits per heavy atom. The Balaban J connectivity index is 1.50. The Labute approximate surface area is 181 Å². The van der Waals surface area contributed by atoms with Crippen molar-refractivity contribution in [3.05, 3.63) is 65.2 Å². The van der Waals surface area contributed by atoms with Gasteiger partial charge in [-0.25, -0.2) is 4.79 Å². The Kier molecular flexibility index (Phi) is 4.54. The van der Waals surface area contributed by atoms with Crippen molar-refractivity contribution >= 4 is 23.5 Å².